The van der Waals surface area contributed by atoms with Gasteiger partial charge in [0.25, 0.3) is 0 Å². The Kier molecular flexibility index (Phi) is 15.6. The molecule has 4 aromatic carbocycles. The van der Waals surface area contributed by atoms with E-state index in [0.29, 0.717) is 29.9 Å². The number of methoxy groups -OCH3 is 4. The first kappa shape index (κ1) is 39.8. The molecule has 1 N–H and O–H groups in total. The van der Waals surface area contributed by atoms with Crippen LogP contribution in [0.3, 0.4) is 0 Å². The summed E-state index contributed by atoms with van der Waals surface area (Å²) in [5.41, 5.74) is 8.53. The van der Waals surface area contributed by atoms with E-state index in [9.17, 15) is 9.90 Å². The molecule has 0 fully saturated rings. The summed E-state index contributed by atoms with van der Waals surface area (Å²) in [5, 5.41) is 9.47. The zero-order valence-corrected chi connectivity index (χ0v) is 30.7. The Labute approximate surface area is 313 Å². The SMILES string of the molecule is COc1ccc(Cc2cc(-c3ccccc3OC)ncn2)cc1C=O.COc1ccc(Cc2cc(-c3ccccc3OC)ncn2)cc1CO.[O]=[Mn]=[O]. The maximum absolute atomic E-state index is 11.2. The Bertz CT molecular complexity index is 2160. The standard InChI is InChI=1S/C20H20N2O3.C20H18N2O3.Mn.2O/c2*1-24-19-8-7-14(9-15(19)12-23)10-16-11-18(22-13-21-16)17-5-3-4-6-20(17)25-2;;;/h3-9,11,13,23H,10,12H2,1-2H3;3-9,11-13H,10H2,1-2H3;;;. The van der Waals surface area contributed by atoms with E-state index in [1.807, 2.05) is 91.0 Å². The van der Waals surface area contributed by atoms with Crippen molar-refractivity contribution in [2.75, 3.05) is 28.4 Å². The van der Waals surface area contributed by atoms with Gasteiger partial charge in [0.2, 0.25) is 0 Å². The fraction of sp³-hybridized carbons (Fsp3) is 0.175. The third kappa shape index (κ3) is 11.0. The van der Waals surface area contributed by atoms with Crippen LogP contribution in [-0.4, -0.2) is 59.8 Å². The molecule has 0 bridgehead atoms. The van der Waals surface area contributed by atoms with E-state index >= 15 is 0 Å². The average Bonchev–Trinajstić information content (AvgIpc) is 3.21. The number of hydrogen-bond acceptors (Lipinski definition) is 12. The second kappa shape index (κ2) is 20.7. The number of carbonyl (C=O) groups is 1. The fourth-order valence-corrected chi connectivity index (χ4v) is 5.47. The Morgan fingerprint density at radius 1 is 0.585 bits per heavy atom. The number of carbonyl (C=O) groups excluding carboxylic acids is 1. The predicted octanol–water partition coefficient (Wildman–Crippen LogP) is 6.57. The molecule has 0 atom stereocenters. The normalized spacial score (nSPS) is 10.1. The van der Waals surface area contributed by atoms with Crippen LogP contribution in [0, 0.1) is 0 Å². The summed E-state index contributed by atoms with van der Waals surface area (Å²) in [5.74, 6) is 2.79. The Morgan fingerprint density at radius 3 is 1.49 bits per heavy atom. The third-order valence-electron chi connectivity index (χ3n) is 7.92. The number of aromatic nitrogens is 4. The van der Waals surface area contributed by atoms with Crippen molar-refractivity contribution in [1.82, 2.24) is 19.9 Å². The van der Waals surface area contributed by atoms with Crippen LogP contribution in [-0.2, 0) is 41.9 Å². The van der Waals surface area contributed by atoms with Crippen LogP contribution in [0.25, 0.3) is 22.5 Å². The van der Waals surface area contributed by atoms with Gasteiger partial charge in [-0.15, -0.1) is 0 Å². The molecule has 13 heteroatoms. The van der Waals surface area contributed by atoms with Crippen LogP contribution in [0.2, 0.25) is 0 Å². The molecule has 2 heterocycles. The first-order valence-electron chi connectivity index (χ1n) is 16.1. The number of aliphatic hydroxyl groups excluding tert-OH is 1. The van der Waals surface area contributed by atoms with Gasteiger partial charge in [-0.2, -0.15) is 0 Å². The summed E-state index contributed by atoms with van der Waals surface area (Å²) < 4.78 is 38.0. The third-order valence-corrected chi connectivity index (χ3v) is 7.92. The molecule has 0 aliphatic rings. The summed E-state index contributed by atoms with van der Waals surface area (Å²) in [6, 6.07) is 30.7. The van der Waals surface area contributed by atoms with Crippen molar-refractivity contribution in [2.24, 2.45) is 0 Å². The summed E-state index contributed by atoms with van der Waals surface area (Å²) in [7, 11) is 6.43. The quantitative estimate of drug-likeness (QED) is 0.106. The molecular formula is C40H38MnN4O8. The van der Waals surface area contributed by atoms with Gasteiger partial charge in [0.05, 0.1) is 52.0 Å². The second-order valence-electron chi connectivity index (χ2n) is 11.1. The molecule has 0 unspecified atom stereocenters. The summed E-state index contributed by atoms with van der Waals surface area (Å²) >= 11 is -1.44. The first-order valence-corrected chi connectivity index (χ1v) is 17.0. The minimum absolute atomic E-state index is 0.0623. The monoisotopic (exact) mass is 757 g/mol. The second-order valence-corrected chi connectivity index (χ2v) is 11.3. The zero-order chi connectivity index (χ0) is 38.0. The van der Waals surface area contributed by atoms with Gasteiger partial charge in [0.1, 0.15) is 35.7 Å². The molecule has 0 amide bonds. The van der Waals surface area contributed by atoms with E-state index in [0.717, 1.165) is 68.4 Å². The zero-order valence-electron chi connectivity index (χ0n) is 29.6. The summed E-state index contributed by atoms with van der Waals surface area (Å²) in [6.07, 6.45) is 5.13. The Morgan fingerprint density at radius 2 is 1.04 bits per heavy atom. The van der Waals surface area contributed by atoms with Crippen molar-refractivity contribution >= 4 is 6.29 Å². The number of rotatable bonds is 12. The van der Waals surface area contributed by atoms with Crippen molar-refractivity contribution in [2.45, 2.75) is 19.4 Å². The molecule has 273 valence electrons. The molecule has 0 saturated carbocycles. The van der Waals surface area contributed by atoms with Crippen molar-refractivity contribution < 1.29 is 51.3 Å². The molecule has 12 nitrogen and oxygen atoms in total. The maximum atomic E-state index is 11.2. The molecule has 0 spiro atoms. The molecule has 0 aliphatic heterocycles. The molecule has 6 aromatic rings. The van der Waals surface area contributed by atoms with Gasteiger partial charge in [-0.3, -0.25) is 4.79 Å². The number of aldehydes is 1. The molecule has 2 aromatic heterocycles. The van der Waals surface area contributed by atoms with Crippen molar-refractivity contribution in [3.63, 3.8) is 0 Å². The van der Waals surface area contributed by atoms with Gasteiger partial charge in [0, 0.05) is 40.9 Å². The van der Waals surface area contributed by atoms with Crippen LogP contribution < -0.4 is 18.9 Å². The van der Waals surface area contributed by atoms with Crippen LogP contribution in [0.4, 0.5) is 0 Å². The summed E-state index contributed by atoms with van der Waals surface area (Å²) in [4.78, 5) is 28.6. The fourth-order valence-electron chi connectivity index (χ4n) is 5.47. The number of ether oxygens (including phenoxy) is 4. The average molecular weight is 758 g/mol. The predicted molar refractivity (Wildman–Crippen MR) is 192 cm³/mol. The topological polar surface area (TPSA) is 160 Å². The first-order chi connectivity index (χ1) is 25.9. The van der Waals surface area contributed by atoms with E-state index in [2.05, 4.69) is 19.9 Å². The van der Waals surface area contributed by atoms with E-state index in [1.165, 1.54) is 0 Å². The molecular weight excluding hydrogens is 719 g/mol. The van der Waals surface area contributed by atoms with Gasteiger partial charge >= 0.3 is 22.5 Å². The van der Waals surface area contributed by atoms with Gasteiger partial charge < -0.3 is 24.1 Å². The van der Waals surface area contributed by atoms with E-state index in [-0.39, 0.29) is 6.61 Å². The number of aliphatic hydroxyl groups is 1. The van der Waals surface area contributed by atoms with E-state index < -0.39 is 14.8 Å². The minimum atomic E-state index is -1.44. The van der Waals surface area contributed by atoms with Crippen LogP contribution in [0.1, 0.15) is 38.4 Å². The number of hydrogen-bond donors (Lipinski definition) is 1. The number of para-hydroxylation sites is 2. The van der Waals surface area contributed by atoms with E-state index in [4.69, 9.17) is 26.6 Å². The van der Waals surface area contributed by atoms with Crippen molar-refractivity contribution in [1.29, 1.82) is 0 Å². The number of benzene rings is 4. The molecule has 6 rings (SSSR count). The van der Waals surface area contributed by atoms with Gasteiger partial charge in [-0.1, -0.05) is 36.4 Å². The van der Waals surface area contributed by atoms with Crippen molar-refractivity contribution in [3.05, 3.63) is 143 Å². The van der Waals surface area contributed by atoms with Crippen LogP contribution in [0.15, 0.2) is 110 Å². The van der Waals surface area contributed by atoms with Gasteiger partial charge in [-0.05, 0) is 71.8 Å². The van der Waals surface area contributed by atoms with Gasteiger partial charge in [0.15, 0.2) is 6.29 Å². The molecule has 0 saturated heterocycles. The summed E-state index contributed by atoms with van der Waals surface area (Å²) in [6.45, 7) is -0.0623. The van der Waals surface area contributed by atoms with E-state index in [1.54, 1.807) is 47.2 Å². The van der Waals surface area contributed by atoms with Crippen LogP contribution >= 0.6 is 0 Å². The van der Waals surface area contributed by atoms with Crippen LogP contribution in [0.5, 0.6) is 23.0 Å². The number of nitrogens with zero attached hydrogens (tertiary/aromatic N) is 4. The van der Waals surface area contributed by atoms with Crippen molar-refractivity contribution in [3.8, 4) is 45.5 Å². The molecule has 0 aliphatic carbocycles. The van der Waals surface area contributed by atoms with Gasteiger partial charge in [-0.25, -0.2) is 19.9 Å². The molecule has 53 heavy (non-hydrogen) atoms. The molecule has 0 radical (unpaired) electrons. The Hall–Kier alpha value is -6.01. The Balaban J connectivity index is 0.000000220.